The van der Waals surface area contributed by atoms with Gasteiger partial charge in [0.15, 0.2) is 0 Å². The highest BCUT2D eigenvalue weighted by Gasteiger charge is 2.24. The van der Waals surface area contributed by atoms with Crippen molar-refractivity contribution in [1.29, 1.82) is 0 Å². The van der Waals surface area contributed by atoms with E-state index in [1.807, 2.05) is 6.20 Å². The number of aromatic amines is 1. The van der Waals surface area contributed by atoms with Crippen LogP contribution < -0.4 is 0 Å². The van der Waals surface area contributed by atoms with E-state index in [1.165, 1.54) is 27.6 Å². The first kappa shape index (κ1) is 11.7. The van der Waals surface area contributed by atoms with E-state index >= 15 is 0 Å². The SMILES string of the molecule is CN1Cc2ccccc2[C@@H](c2ccc3cc[nH]c3c2)C1. The molecule has 20 heavy (non-hydrogen) atoms. The Morgan fingerprint density at radius 2 is 2.00 bits per heavy atom. The second kappa shape index (κ2) is 4.50. The molecule has 1 aromatic heterocycles. The van der Waals surface area contributed by atoms with E-state index in [0.29, 0.717) is 5.92 Å². The van der Waals surface area contributed by atoms with Gasteiger partial charge in [0.05, 0.1) is 0 Å². The topological polar surface area (TPSA) is 19.0 Å². The van der Waals surface area contributed by atoms with Crippen molar-refractivity contribution in [2.24, 2.45) is 0 Å². The lowest BCUT2D eigenvalue weighted by Gasteiger charge is -2.32. The number of aromatic nitrogens is 1. The van der Waals surface area contributed by atoms with Gasteiger partial charge in [-0.15, -0.1) is 0 Å². The van der Waals surface area contributed by atoms with Gasteiger partial charge in [0.2, 0.25) is 0 Å². The average Bonchev–Trinajstić information content (AvgIpc) is 2.93. The molecule has 0 saturated carbocycles. The minimum absolute atomic E-state index is 0.470. The van der Waals surface area contributed by atoms with Crippen molar-refractivity contribution in [2.45, 2.75) is 12.5 Å². The molecule has 0 spiro atoms. The van der Waals surface area contributed by atoms with Gasteiger partial charge in [-0.3, -0.25) is 0 Å². The summed E-state index contributed by atoms with van der Waals surface area (Å²) in [7, 11) is 2.20. The Labute approximate surface area is 119 Å². The standard InChI is InChI=1S/C18H18N2/c1-20-11-15-4-2-3-5-16(15)17(12-20)14-7-6-13-8-9-19-18(13)10-14/h2-10,17,19H,11-12H2,1H3/t17-/m1/s1. The summed E-state index contributed by atoms with van der Waals surface area (Å²) in [6, 6.07) is 17.8. The molecule has 0 saturated heterocycles. The summed E-state index contributed by atoms with van der Waals surface area (Å²) in [5.74, 6) is 0.470. The number of benzene rings is 2. The molecule has 2 heterocycles. The Balaban J connectivity index is 1.84. The lowest BCUT2D eigenvalue weighted by molar-refractivity contribution is 0.295. The molecule has 0 amide bonds. The maximum Gasteiger partial charge on any atom is 0.0456 e. The van der Waals surface area contributed by atoms with E-state index < -0.39 is 0 Å². The third-order valence-corrected chi connectivity index (χ3v) is 4.35. The Bertz CT molecular complexity index is 757. The Morgan fingerprint density at radius 1 is 1.10 bits per heavy atom. The fourth-order valence-electron chi connectivity index (χ4n) is 3.35. The number of hydrogen-bond acceptors (Lipinski definition) is 1. The molecule has 0 radical (unpaired) electrons. The predicted octanol–water partition coefficient (Wildman–Crippen LogP) is 3.75. The molecule has 4 rings (SSSR count). The lowest BCUT2D eigenvalue weighted by atomic mass is 9.84. The summed E-state index contributed by atoms with van der Waals surface area (Å²) in [4.78, 5) is 5.73. The quantitative estimate of drug-likeness (QED) is 0.707. The van der Waals surface area contributed by atoms with Crippen molar-refractivity contribution >= 4 is 10.9 Å². The van der Waals surface area contributed by atoms with Gasteiger partial charge < -0.3 is 9.88 Å². The number of likely N-dealkylation sites (N-methyl/N-ethyl adjacent to an activating group) is 1. The second-order valence-electron chi connectivity index (χ2n) is 5.77. The van der Waals surface area contributed by atoms with Crippen LogP contribution in [-0.4, -0.2) is 23.5 Å². The number of H-pyrrole nitrogens is 1. The molecule has 1 N–H and O–H groups in total. The van der Waals surface area contributed by atoms with E-state index in [1.54, 1.807) is 0 Å². The van der Waals surface area contributed by atoms with Crippen molar-refractivity contribution in [3.8, 4) is 0 Å². The first-order valence-electron chi connectivity index (χ1n) is 7.14. The van der Waals surface area contributed by atoms with Crippen molar-refractivity contribution in [1.82, 2.24) is 9.88 Å². The smallest absolute Gasteiger partial charge is 0.0456 e. The minimum Gasteiger partial charge on any atom is -0.361 e. The van der Waals surface area contributed by atoms with Crippen LogP contribution in [0, 0.1) is 0 Å². The zero-order valence-corrected chi connectivity index (χ0v) is 11.6. The summed E-state index contributed by atoms with van der Waals surface area (Å²) in [6.45, 7) is 2.14. The van der Waals surface area contributed by atoms with Gasteiger partial charge in [-0.25, -0.2) is 0 Å². The molecule has 0 unspecified atom stereocenters. The van der Waals surface area contributed by atoms with Crippen LogP contribution in [-0.2, 0) is 6.54 Å². The average molecular weight is 262 g/mol. The van der Waals surface area contributed by atoms with Gasteiger partial charge in [-0.1, -0.05) is 36.4 Å². The fourth-order valence-corrected chi connectivity index (χ4v) is 3.35. The number of nitrogens with one attached hydrogen (secondary N) is 1. The highest BCUT2D eigenvalue weighted by molar-refractivity contribution is 5.80. The molecular weight excluding hydrogens is 244 g/mol. The minimum atomic E-state index is 0.470. The maximum absolute atomic E-state index is 3.32. The highest BCUT2D eigenvalue weighted by Crippen LogP contribution is 2.33. The zero-order valence-electron chi connectivity index (χ0n) is 11.6. The molecule has 0 fully saturated rings. The van der Waals surface area contributed by atoms with Gasteiger partial charge in [-0.05, 0) is 41.3 Å². The summed E-state index contributed by atoms with van der Waals surface area (Å²) < 4.78 is 0. The molecule has 2 aromatic carbocycles. The first-order valence-corrected chi connectivity index (χ1v) is 7.14. The number of rotatable bonds is 1. The van der Waals surface area contributed by atoms with E-state index in [-0.39, 0.29) is 0 Å². The normalized spacial score (nSPS) is 19.1. The van der Waals surface area contributed by atoms with Crippen molar-refractivity contribution < 1.29 is 0 Å². The number of nitrogens with zero attached hydrogens (tertiary/aromatic N) is 1. The summed E-state index contributed by atoms with van der Waals surface area (Å²) in [6.07, 6.45) is 2.01. The lowest BCUT2D eigenvalue weighted by Crippen LogP contribution is -2.30. The maximum atomic E-state index is 3.32. The molecule has 2 nitrogen and oxygen atoms in total. The Morgan fingerprint density at radius 3 is 2.95 bits per heavy atom. The van der Waals surface area contributed by atoms with Crippen LogP contribution in [0.25, 0.3) is 10.9 Å². The fraction of sp³-hybridized carbons (Fsp3) is 0.222. The van der Waals surface area contributed by atoms with Gasteiger partial charge in [0.25, 0.3) is 0 Å². The van der Waals surface area contributed by atoms with Crippen LogP contribution in [0.4, 0.5) is 0 Å². The van der Waals surface area contributed by atoms with Gasteiger partial charge in [0, 0.05) is 30.7 Å². The van der Waals surface area contributed by atoms with Gasteiger partial charge in [0.1, 0.15) is 0 Å². The van der Waals surface area contributed by atoms with Crippen LogP contribution >= 0.6 is 0 Å². The largest absolute Gasteiger partial charge is 0.361 e. The van der Waals surface area contributed by atoms with Crippen molar-refractivity contribution in [3.63, 3.8) is 0 Å². The van der Waals surface area contributed by atoms with Crippen molar-refractivity contribution in [3.05, 3.63) is 71.4 Å². The number of fused-ring (bicyclic) bond motifs is 2. The Kier molecular flexibility index (Phi) is 2.64. The molecule has 1 aliphatic rings. The van der Waals surface area contributed by atoms with E-state index in [9.17, 15) is 0 Å². The molecule has 2 heteroatoms. The van der Waals surface area contributed by atoms with Crippen LogP contribution in [0.15, 0.2) is 54.7 Å². The van der Waals surface area contributed by atoms with Crippen LogP contribution in [0.1, 0.15) is 22.6 Å². The molecule has 0 bridgehead atoms. The third-order valence-electron chi connectivity index (χ3n) is 4.35. The molecule has 1 aliphatic heterocycles. The molecule has 0 aliphatic carbocycles. The van der Waals surface area contributed by atoms with Crippen LogP contribution in [0.2, 0.25) is 0 Å². The molecular formula is C18H18N2. The van der Waals surface area contributed by atoms with Crippen LogP contribution in [0.3, 0.4) is 0 Å². The van der Waals surface area contributed by atoms with E-state index in [2.05, 4.69) is 65.5 Å². The van der Waals surface area contributed by atoms with E-state index in [0.717, 1.165) is 13.1 Å². The van der Waals surface area contributed by atoms with E-state index in [4.69, 9.17) is 0 Å². The van der Waals surface area contributed by atoms with Gasteiger partial charge in [-0.2, -0.15) is 0 Å². The zero-order chi connectivity index (χ0) is 13.5. The van der Waals surface area contributed by atoms with Gasteiger partial charge >= 0.3 is 0 Å². The monoisotopic (exact) mass is 262 g/mol. The molecule has 1 atom stereocenters. The summed E-state index contributed by atoms with van der Waals surface area (Å²) in [5.41, 5.74) is 5.57. The highest BCUT2D eigenvalue weighted by atomic mass is 15.1. The predicted molar refractivity (Wildman–Crippen MR) is 82.9 cm³/mol. The summed E-state index contributed by atoms with van der Waals surface area (Å²) >= 11 is 0. The third kappa shape index (κ3) is 1.84. The van der Waals surface area contributed by atoms with Crippen LogP contribution in [0.5, 0.6) is 0 Å². The Hall–Kier alpha value is -2.06. The molecule has 100 valence electrons. The second-order valence-corrected chi connectivity index (χ2v) is 5.77. The molecule has 3 aromatic rings. The number of hydrogen-bond donors (Lipinski definition) is 1. The summed E-state index contributed by atoms with van der Waals surface area (Å²) in [5, 5.41) is 1.28. The van der Waals surface area contributed by atoms with Crippen molar-refractivity contribution in [2.75, 3.05) is 13.6 Å². The first-order chi connectivity index (χ1) is 9.81.